The van der Waals surface area contributed by atoms with E-state index in [1.54, 1.807) is 26.8 Å². The molecule has 12 heteroatoms. The molecule has 8 rings (SSSR count). The van der Waals surface area contributed by atoms with Crippen LogP contribution in [0.1, 0.15) is 64.8 Å². The molecule has 2 heterocycles. The summed E-state index contributed by atoms with van der Waals surface area (Å²) in [5.41, 5.74) is 0.211. The van der Waals surface area contributed by atoms with Crippen molar-refractivity contribution >= 4 is 56.0 Å². The van der Waals surface area contributed by atoms with E-state index < -0.39 is 17.4 Å². The van der Waals surface area contributed by atoms with Crippen LogP contribution < -0.4 is 14.8 Å². The highest BCUT2D eigenvalue weighted by Gasteiger charge is 2.72. The van der Waals surface area contributed by atoms with Gasteiger partial charge in [-0.1, -0.05) is 63.9 Å². The fourth-order valence-electron chi connectivity index (χ4n) is 7.12. The van der Waals surface area contributed by atoms with Crippen molar-refractivity contribution in [3.8, 4) is 11.6 Å². The van der Waals surface area contributed by atoms with Gasteiger partial charge in [0, 0.05) is 33.2 Å². The molecule has 1 fully saturated rings. The molecule has 0 saturated carbocycles. The highest BCUT2D eigenvalue weighted by molar-refractivity contribution is 9.10. The maximum Gasteiger partial charge on any atom is 0.514 e. The molecule has 4 aromatic rings. The molecule has 1 spiro atoms. The number of hydrogen-bond donors (Lipinski definition) is 1. The van der Waals surface area contributed by atoms with Crippen LogP contribution in [0.4, 0.5) is 4.79 Å². The van der Waals surface area contributed by atoms with Gasteiger partial charge in [-0.05, 0) is 82.0 Å². The average molecular weight is 750 g/mol. The van der Waals surface area contributed by atoms with Gasteiger partial charge in [0.25, 0.3) is 5.88 Å². The third kappa shape index (κ3) is 5.61. The van der Waals surface area contributed by atoms with Crippen LogP contribution in [0.2, 0.25) is 5.02 Å². The molecule has 3 aliphatic carbocycles. The number of allylic oxidation sites excluding steroid dienone is 1. The van der Waals surface area contributed by atoms with Crippen molar-refractivity contribution in [2.75, 3.05) is 14.1 Å². The summed E-state index contributed by atoms with van der Waals surface area (Å²) in [5.74, 6) is -0.260. The van der Waals surface area contributed by atoms with E-state index in [1.807, 2.05) is 56.6 Å². The van der Waals surface area contributed by atoms with Gasteiger partial charge in [0.1, 0.15) is 17.8 Å². The molecule has 49 heavy (non-hydrogen) atoms. The number of halogens is 2. The Balaban J connectivity index is 0.00000122. The third-order valence-corrected chi connectivity index (χ3v) is 9.98. The predicted molar refractivity (Wildman–Crippen MR) is 184 cm³/mol. The Labute approximate surface area is 296 Å². The summed E-state index contributed by atoms with van der Waals surface area (Å²) in [6.45, 7) is 5.39. The van der Waals surface area contributed by atoms with Crippen molar-refractivity contribution in [3.63, 3.8) is 0 Å². The first-order valence-corrected chi connectivity index (χ1v) is 17.2. The summed E-state index contributed by atoms with van der Waals surface area (Å²) in [6.07, 6.45) is 0.351. The molecule has 1 N–H and O–H groups in total. The number of rotatable bonds is 4. The number of nitrogens with one attached hydrogen (secondary N) is 1. The van der Waals surface area contributed by atoms with Crippen LogP contribution in [0.25, 0.3) is 10.8 Å². The number of ether oxygens (including phenoxy) is 4. The minimum Gasteiger partial charge on any atom is -0.470 e. The van der Waals surface area contributed by atoms with E-state index >= 15 is 0 Å². The second kappa shape index (κ2) is 12.3. The molecule has 10 nitrogen and oxygen atoms in total. The van der Waals surface area contributed by atoms with Gasteiger partial charge in [0.2, 0.25) is 11.4 Å². The van der Waals surface area contributed by atoms with E-state index in [2.05, 4.69) is 26.4 Å². The van der Waals surface area contributed by atoms with Crippen LogP contribution in [0, 0.1) is 11.8 Å². The number of ketones is 2. The summed E-state index contributed by atoms with van der Waals surface area (Å²) >= 11 is 10.5. The van der Waals surface area contributed by atoms with Crippen molar-refractivity contribution in [2.45, 2.75) is 57.8 Å². The highest BCUT2D eigenvalue weighted by Crippen LogP contribution is 2.63. The van der Waals surface area contributed by atoms with Gasteiger partial charge in [-0.15, -0.1) is 0 Å². The first kappa shape index (κ1) is 33.3. The van der Waals surface area contributed by atoms with Gasteiger partial charge >= 0.3 is 6.16 Å². The minimum atomic E-state index is -1.29. The molecule has 254 valence electrons. The Bertz CT molecular complexity index is 2070. The number of fused-ring (bicyclic) bond motifs is 4. The third-order valence-electron chi connectivity index (χ3n) is 9.06. The number of nitrogens with zero attached hydrogens (tertiary/aromatic N) is 1. The maximum absolute atomic E-state index is 14.5. The summed E-state index contributed by atoms with van der Waals surface area (Å²) < 4.78 is 29.7. The number of aromatic nitrogens is 1. The number of benzene rings is 3. The summed E-state index contributed by atoms with van der Waals surface area (Å²) in [6, 6.07) is 14.9. The zero-order chi connectivity index (χ0) is 34.8. The SMILES string of the molecule is CC(C)(C)OC(=O)Oc1c2c(c(Cl)c3ccc(Br)cc13)CC1C[C@H]3Cc4onc(OCc5ccccc5)c4C(=O)[C@]34OC4=C1C2=O.CNC. The van der Waals surface area contributed by atoms with Crippen molar-refractivity contribution in [3.05, 3.63) is 97.4 Å². The lowest BCUT2D eigenvalue weighted by Crippen LogP contribution is -2.44. The summed E-state index contributed by atoms with van der Waals surface area (Å²) in [7, 11) is 3.75. The van der Waals surface area contributed by atoms with Gasteiger partial charge in [0.05, 0.1) is 10.6 Å². The van der Waals surface area contributed by atoms with Gasteiger partial charge < -0.3 is 28.8 Å². The normalized spacial score (nSPS) is 21.6. The standard InChI is InChI=1S/C35H27BrClNO8.C2H7N/c1-34(2,3)45-33(41)43-29-21-14-19(36)9-10-20(21)27(37)22-12-17-11-18-13-23-26(32(38-46-23)42-15-16-7-5-4-6-8-16)30(40)35(18)31(44-35)24(17)28(39)25(22)29;1-3-2/h4-10,14,17-18H,11-13,15H2,1-3H3;3H,1-2H3/t17?,18-,35+;/m0./s1. The zero-order valence-electron chi connectivity index (χ0n) is 27.6. The average Bonchev–Trinajstić information content (AvgIpc) is 3.67. The Hall–Kier alpha value is -4.19. The van der Waals surface area contributed by atoms with E-state index in [1.165, 1.54) is 0 Å². The number of epoxide rings is 1. The topological polar surface area (TPSA) is 129 Å². The first-order valence-electron chi connectivity index (χ1n) is 16.0. The fourth-order valence-corrected chi connectivity index (χ4v) is 7.82. The number of hydrogen-bond acceptors (Lipinski definition) is 10. The lowest BCUT2D eigenvalue weighted by atomic mass is 9.63. The predicted octanol–water partition coefficient (Wildman–Crippen LogP) is 7.81. The van der Waals surface area contributed by atoms with E-state index in [0.29, 0.717) is 62.2 Å². The van der Waals surface area contributed by atoms with Crippen molar-refractivity contribution in [1.82, 2.24) is 10.5 Å². The van der Waals surface area contributed by atoms with Gasteiger partial charge in [0.15, 0.2) is 23.1 Å². The van der Waals surface area contributed by atoms with Gasteiger partial charge in [-0.2, -0.15) is 0 Å². The molecule has 3 atom stereocenters. The Morgan fingerprint density at radius 2 is 1.82 bits per heavy atom. The lowest BCUT2D eigenvalue weighted by Gasteiger charge is -2.35. The monoisotopic (exact) mass is 748 g/mol. The van der Waals surface area contributed by atoms with Crippen LogP contribution in [0.15, 0.2) is 68.9 Å². The molecule has 1 saturated heterocycles. The van der Waals surface area contributed by atoms with Crippen molar-refractivity contribution < 1.29 is 37.9 Å². The van der Waals surface area contributed by atoms with Gasteiger partial charge in [-0.25, -0.2) is 4.79 Å². The van der Waals surface area contributed by atoms with Crippen molar-refractivity contribution in [1.29, 1.82) is 0 Å². The van der Waals surface area contributed by atoms with Crippen LogP contribution >= 0.6 is 27.5 Å². The summed E-state index contributed by atoms with van der Waals surface area (Å²) in [4.78, 5) is 41.7. The van der Waals surface area contributed by atoms with Crippen LogP contribution in [0.3, 0.4) is 0 Å². The van der Waals surface area contributed by atoms with E-state index in [0.717, 1.165) is 5.56 Å². The number of carbonyl (C=O) groups excluding carboxylic acids is 3. The van der Waals surface area contributed by atoms with E-state index in [-0.39, 0.29) is 52.8 Å². The summed E-state index contributed by atoms with van der Waals surface area (Å²) in [5, 5.41) is 8.37. The number of carbonyl (C=O) groups is 3. The second-order valence-electron chi connectivity index (χ2n) is 13.6. The molecule has 0 radical (unpaired) electrons. The molecular weight excluding hydrogens is 716 g/mol. The zero-order valence-corrected chi connectivity index (χ0v) is 29.9. The highest BCUT2D eigenvalue weighted by atomic mass is 79.9. The van der Waals surface area contributed by atoms with E-state index in [9.17, 15) is 14.4 Å². The molecule has 1 unspecified atom stereocenters. The second-order valence-corrected chi connectivity index (χ2v) is 14.9. The molecule has 0 amide bonds. The van der Waals surface area contributed by atoms with Crippen molar-refractivity contribution in [2.24, 2.45) is 11.8 Å². The first-order chi connectivity index (χ1) is 23.4. The Kier molecular flexibility index (Phi) is 8.36. The lowest BCUT2D eigenvalue weighted by molar-refractivity contribution is 0.0208. The Morgan fingerprint density at radius 3 is 2.53 bits per heavy atom. The molecule has 4 aliphatic rings. The van der Waals surface area contributed by atoms with Crippen LogP contribution in [-0.2, 0) is 28.9 Å². The number of Topliss-reactive ketones (excluding diaryl/α,β-unsaturated/α-hetero) is 2. The molecule has 3 aromatic carbocycles. The van der Waals surface area contributed by atoms with Crippen LogP contribution in [-0.4, -0.2) is 48.2 Å². The van der Waals surface area contributed by atoms with E-state index in [4.69, 9.17) is 35.1 Å². The van der Waals surface area contributed by atoms with Gasteiger partial charge in [-0.3, -0.25) is 9.59 Å². The smallest absolute Gasteiger partial charge is 0.470 e. The maximum atomic E-state index is 14.5. The quantitative estimate of drug-likeness (QED) is 0.125. The molecule has 1 aliphatic heterocycles. The molecule has 1 aromatic heterocycles. The minimum absolute atomic E-state index is 0.0613. The molecular formula is C37H34BrClN2O8. The Morgan fingerprint density at radius 1 is 1.08 bits per heavy atom. The largest absolute Gasteiger partial charge is 0.514 e. The molecule has 0 bridgehead atoms. The fraction of sp³-hybridized carbons (Fsp3) is 0.351. The van der Waals surface area contributed by atoms with Crippen LogP contribution in [0.5, 0.6) is 11.6 Å².